The highest BCUT2D eigenvalue weighted by Gasteiger charge is 2.12. The van der Waals surface area contributed by atoms with Crippen LogP contribution >= 0.6 is 0 Å². The molecule has 20 heavy (non-hydrogen) atoms. The highest BCUT2D eigenvalue weighted by molar-refractivity contribution is 5.57. The molecule has 1 unspecified atom stereocenters. The standard InChI is InChI=1S/C14H22N6/c1-4-5-12-13(15-3)17-9-18-14(12)19-11(2)8-20-7-6-16-10-20/h6-7,9-11H,4-5,8H2,1-3H3,(H2,15,17,18,19). The van der Waals surface area contributed by atoms with E-state index in [1.54, 1.807) is 12.5 Å². The molecule has 0 radical (unpaired) electrons. The molecule has 0 aliphatic heterocycles. The third kappa shape index (κ3) is 3.46. The van der Waals surface area contributed by atoms with Crippen LogP contribution in [-0.2, 0) is 13.0 Å². The van der Waals surface area contributed by atoms with Crippen molar-refractivity contribution in [3.05, 3.63) is 30.6 Å². The summed E-state index contributed by atoms with van der Waals surface area (Å²) in [6.45, 7) is 5.15. The summed E-state index contributed by atoms with van der Waals surface area (Å²) < 4.78 is 2.05. The van der Waals surface area contributed by atoms with Gasteiger partial charge in [-0.2, -0.15) is 0 Å². The number of imidazole rings is 1. The Kier molecular flexibility index (Phi) is 4.92. The summed E-state index contributed by atoms with van der Waals surface area (Å²) in [5, 5.41) is 6.60. The van der Waals surface area contributed by atoms with Crippen molar-refractivity contribution < 1.29 is 0 Å². The van der Waals surface area contributed by atoms with Crippen molar-refractivity contribution in [1.82, 2.24) is 19.5 Å². The van der Waals surface area contributed by atoms with E-state index in [1.165, 1.54) is 0 Å². The third-order valence-electron chi connectivity index (χ3n) is 3.11. The molecule has 2 N–H and O–H groups in total. The summed E-state index contributed by atoms with van der Waals surface area (Å²) in [5.74, 6) is 1.82. The minimum absolute atomic E-state index is 0.263. The first-order chi connectivity index (χ1) is 9.74. The average Bonchev–Trinajstić information content (AvgIpc) is 2.93. The van der Waals surface area contributed by atoms with Crippen LogP contribution in [0.3, 0.4) is 0 Å². The van der Waals surface area contributed by atoms with Gasteiger partial charge in [0, 0.05) is 37.6 Å². The molecule has 0 saturated carbocycles. The molecule has 1 atom stereocenters. The van der Waals surface area contributed by atoms with Gasteiger partial charge < -0.3 is 15.2 Å². The molecule has 2 rings (SSSR count). The van der Waals surface area contributed by atoms with Crippen LogP contribution in [0.2, 0.25) is 0 Å². The second-order valence-electron chi connectivity index (χ2n) is 4.85. The lowest BCUT2D eigenvalue weighted by Crippen LogP contribution is -2.23. The average molecular weight is 274 g/mol. The fourth-order valence-corrected chi connectivity index (χ4v) is 2.23. The zero-order valence-electron chi connectivity index (χ0n) is 12.3. The summed E-state index contributed by atoms with van der Waals surface area (Å²) in [6.07, 6.45) is 9.19. The largest absolute Gasteiger partial charge is 0.373 e. The second-order valence-corrected chi connectivity index (χ2v) is 4.85. The molecule has 6 nitrogen and oxygen atoms in total. The van der Waals surface area contributed by atoms with Gasteiger partial charge in [-0.25, -0.2) is 15.0 Å². The molecule has 2 aromatic heterocycles. The van der Waals surface area contributed by atoms with Crippen LogP contribution < -0.4 is 10.6 Å². The number of hydrogen-bond acceptors (Lipinski definition) is 5. The summed E-state index contributed by atoms with van der Waals surface area (Å²) in [7, 11) is 1.89. The minimum Gasteiger partial charge on any atom is -0.373 e. The van der Waals surface area contributed by atoms with Gasteiger partial charge in [-0.3, -0.25) is 0 Å². The van der Waals surface area contributed by atoms with E-state index in [1.807, 2.05) is 19.6 Å². The van der Waals surface area contributed by atoms with Crippen molar-refractivity contribution in [3.8, 4) is 0 Å². The van der Waals surface area contributed by atoms with Crippen LogP contribution in [-0.4, -0.2) is 32.6 Å². The molecule has 0 amide bonds. The molecule has 0 aliphatic carbocycles. The van der Waals surface area contributed by atoms with Crippen LogP contribution in [0, 0.1) is 0 Å². The summed E-state index contributed by atoms with van der Waals surface area (Å²) in [5.41, 5.74) is 1.15. The molecule has 0 spiro atoms. The number of nitrogens with zero attached hydrogens (tertiary/aromatic N) is 4. The number of hydrogen-bond donors (Lipinski definition) is 2. The van der Waals surface area contributed by atoms with Gasteiger partial charge in [-0.15, -0.1) is 0 Å². The zero-order chi connectivity index (χ0) is 14.4. The lowest BCUT2D eigenvalue weighted by atomic mass is 10.1. The first-order valence-electron chi connectivity index (χ1n) is 6.98. The lowest BCUT2D eigenvalue weighted by molar-refractivity contribution is 0.616. The Bertz CT molecular complexity index is 522. The quantitative estimate of drug-likeness (QED) is 0.810. The number of aromatic nitrogens is 4. The van der Waals surface area contributed by atoms with Gasteiger partial charge in [0.25, 0.3) is 0 Å². The van der Waals surface area contributed by atoms with Gasteiger partial charge in [0.1, 0.15) is 18.0 Å². The van der Waals surface area contributed by atoms with E-state index < -0.39 is 0 Å². The van der Waals surface area contributed by atoms with E-state index >= 15 is 0 Å². The van der Waals surface area contributed by atoms with Crippen LogP contribution in [0.15, 0.2) is 25.0 Å². The molecule has 108 valence electrons. The molecule has 0 bridgehead atoms. The van der Waals surface area contributed by atoms with E-state index in [4.69, 9.17) is 0 Å². The molecular weight excluding hydrogens is 252 g/mol. The number of anilines is 2. The summed E-state index contributed by atoms with van der Waals surface area (Å²) in [4.78, 5) is 12.7. The predicted octanol–water partition coefficient (Wildman–Crippen LogP) is 2.17. The van der Waals surface area contributed by atoms with E-state index in [0.717, 1.165) is 36.6 Å². The molecular formula is C14H22N6. The first kappa shape index (κ1) is 14.3. The Morgan fingerprint density at radius 2 is 2.10 bits per heavy atom. The zero-order valence-corrected chi connectivity index (χ0v) is 12.3. The van der Waals surface area contributed by atoms with E-state index in [9.17, 15) is 0 Å². The van der Waals surface area contributed by atoms with Gasteiger partial charge >= 0.3 is 0 Å². The molecule has 0 aromatic carbocycles. The smallest absolute Gasteiger partial charge is 0.134 e. The van der Waals surface area contributed by atoms with Gasteiger partial charge in [-0.05, 0) is 13.3 Å². The fourth-order valence-electron chi connectivity index (χ4n) is 2.23. The van der Waals surface area contributed by atoms with Crippen molar-refractivity contribution in [1.29, 1.82) is 0 Å². The molecule has 0 saturated heterocycles. The maximum absolute atomic E-state index is 4.39. The van der Waals surface area contributed by atoms with Gasteiger partial charge in [0.2, 0.25) is 0 Å². The third-order valence-corrected chi connectivity index (χ3v) is 3.11. The lowest BCUT2D eigenvalue weighted by Gasteiger charge is -2.18. The second kappa shape index (κ2) is 6.88. The Hall–Kier alpha value is -2.11. The number of rotatable bonds is 7. The minimum atomic E-state index is 0.263. The molecule has 0 fully saturated rings. The summed E-state index contributed by atoms with van der Waals surface area (Å²) >= 11 is 0. The maximum Gasteiger partial charge on any atom is 0.134 e. The van der Waals surface area contributed by atoms with Crippen molar-refractivity contribution in [2.45, 2.75) is 39.3 Å². The normalized spacial score (nSPS) is 12.2. The molecule has 2 heterocycles. The van der Waals surface area contributed by atoms with Crippen molar-refractivity contribution >= 4 is 11.6 Å². The molecule has 0 aliphatic rings. The SMILES string of the molecule is CCCc1c(NC)ncnc1NC(C)Cn1ccnc1. The van der Waals surface area contributed by atoms with Crippen molar-refractivity contribution in [2.24, 2.45) is 0 Å². The Morgan fingerprint density at radius 1 is 1.30 bits per heavy atom. The van der Waals surface area contributed by atoms with Crippen LogP contribution in [0.4, 0.5) is 11.6 Å². The van der Waals surface area contributed by atoms with Gasteiger partial charge in [0.05, 0.1) is 6.33 Å². The van der Waals surface area contributed by atoms with Crippen LogP contribution in [0.1, 0.15) is 25.8 Å². The van der Waals surface area contributed by atoms with Gasteiger partial charge in [-0.1, -0.05) is 13.3 Å². The predicted molar refractivity (Wildman–Crippen MR) is 80.9 cm³/mol. The van der Waals surface area contributed by atoms with E-state index in [-0.39, 0.29) is 6.04 Å². The maximum atomic E-state index is 4.39. The van der Waals surface area contributed by atoms with E-state index in [2.05, 4.69) is 44.0 Å². The fraction of sp³-hybridized carbons (Fsp3) is 0.500. The Labute approximate surface area is 119 Å². The van der Waals surface area contributed by atoms with Gasteiger partial charge in [0.15, 0.2) is 0 Å². The molecule has 2 aromatic rings. The monoisotopic (exact) mass is 274 g/mol. The highest BCUT2D eigenvalue weighted by atomic mass is 15.1. The van der Waals surface area contributed by atoms with Crippen LogP contribution in [0.5, 0.6) is 0 Å². The summed E-state index contributed by atoms with van der Waals surface area (Å²) in [6, 6.07) is 0.263. The Morgan fingerprint density at radius 3 is 2.75 bits per heavy atom. The van der Waals surface area contributed by atoms with Crippen molar-refractivity contribution in [3.63, 3.8) is 0 Å². The van der Waals surface area contributed by atoms with E-state index in [0.29, 0.717) is 0 Å². The van der Waals surface area contributed by atoms with Crippen LogP contribution in [0.25, 0.3) is 0 Å². The number of nitrogens with one attached hydrogen (secondary N) is 2. The highest BCUT2D eigenvalue weighted by Crippen LogP contribution is 2.21. The first-order valence-corrected chi connectivity index (χ1v) is 6.98. The van der Waals surface area contributed by atoms with Crippen molar-refractivity contribution in [2.75, 3.05) is 17.7 Å². The topological polar surface area (TPSA) is 67.7 Å². The Balaban J connectivity index is 2.11. The molecule has 6 heteroatoms.